The molecule has 0 fully saturated rings. The summed E-state index contributed by atoms with van der Waals surface area (Å²) in [6.45, 7) is 0. The highest BCUT2D eigenvalue weighted by atomic mass is 79.9. The lowest BCUT2D eigenvalue weighted by atomic mass is 9.96. The lowest BCUT2D eigenvalue weighted by Crippen LogP contribution is -2.04. The minimum absolute atomic E-state index is 0.0705. The van der Waals surface area contributed by atoms with Crippen LogP contribution in [0.2, 0.25) is 5.02 Å². The van der Waals surface area contributed by atoms with Crippen LogP contribution in [0.1, 0.15) is 27.0 Å². The van der Waals surface area contributed by atoms with Crippen molar-refractivity contribution in [3.63, 3.8) is 0 Å². The standard InChI is InChI=1S/C25H14BrClO/c26-24-8-4-3-6-18(24)10-11-20-16-22(27)13-14-23(20)25(28)21-12-9-17-5-1-2-7-19(17)15-21/h1-9,12-16H. The molecule has 4 aromatic rings. The third-order valence-corrected chi connectivity index (χ3v) is 5.37. The molecule has 0 aliphatic heterocycles. The van der Waals surface area contributed by atoms with Crippen LogP contribution in [0.4, 0.5) is 0 Å². The van der Waals surface area contributed by atoms with E-state index in [0.717, 1.165) is 20.8 Å². The largest absolute Gasteiger partial charge is 0.289 e. The van der Waals surface area contributed by atoms with Gasteiger partial charge in [0.2, 0.25) is 0 Å². The van der Waals surface area contributed by atoms with E-state index >= 15 is 0 Å². The van der Waals surface area contributed by atoms with E-state index in [1.165, 1.54) is 0 Å². The Labute approximate surface area is 177 Å². The second-order valence-electron chi connectivity index (χ2n) is 6.31. The zero-order chi connectivity index (χ0) is 19.5. The van der Waals surface area contributed by atoms with E-state index in [9.17, 15) is 4.79 Å². The van der Waals surface area contributed by atoms with E-state index in [0.29, 0.717) is 21.7 Å². The van der Waals surface area contributed by atoms with Crippen LogP contribution in [0.5, 0.6) is 0 Å². The zero-order valence-corrected chi connectivity index (χ0v) is 17.1. The minimum Gasteiger partial charge on any atom is -0.289 e. The average Bonchev–Trinajstić information content (AvgIpc) is 2.72. The number of hydrogen-bond acceptors (Lipinski definition) is 1. The summed E-state index contributed by atoms with van der Waals surface area (Å²) >= 11 is 9.67. The van der Waals surface area contributed by atoms with E-state index in [2.05, 4.69) is 27.8 Å². The van der Waals surface area contributed by atoms with Crippen LogP contribution in [0.3, 0.4) is 0 Å². The van der Waals surface area contributed by atoms with E-state index < -0.39 is 0 Å². The molecular weight excluding hydrogens is 432 g/mol. The molecule has 0 unspecified atom stereocenters. The molecule has 3 heteroatoms. The Balaban J connectivity index is 1.77. The molecule has 4 rings (SSSR count). The summed E-state index contributed by atoms with van der Waals surface area (Å²) in [7, 11) is 0. The van der Waals surface area contributed by atoms with Gasteiger partial charge in [-0.1, -0.05) is 72.0 Å². The van der Waals surface area contributed by atoms with Crippen LogP contribution in [0.15, 0.2) is 89.4 Å². The number of fused-ring (bicyclic) bond motifs is 1. The molecule has 0 saturated heterocycles. The molecule has 0 aliphatic rings. The van der Waals surface area contributed by atoms with Crippen molar-refractivity contribution in [1.82, 2.24) is 0 Å². The number of carbonyl (C=O) groups excluding carboxylic acids is 1. The van der Waals surface area contributed by atoms with Crippen molar-refractivity contribution in [1.29, 1.82) is 0 Å². The van der Waals surface area contributed by atoms with E-state index in [1.807, 2.05) is 66.7 Å². The second kappa shape index (κ2) is 8.02. The monoisotopic (exact) mass is 444 g/mol. The van der Waals surface area contributed by atoms with Crippen LogP contribution in [0.25, 0.3) is 10.8 Å². The Kier molecular flexibility index (Phi) is 5.30. The predicted molar refractivity (Wildman–Crippen MR) is 119 cm³/mol. The zero-order valence-electron chi connectivity index (χ0n) is 14.7. The molecule has 28 heavy (non-hydrogen) atoms. The first-order valence-electron chi connectivity index (χ1n) is 8.71. The summed E-state index contributed by atoms with van der Waals surface area (Å²) < 4.78 is 0.909. The molecule has 0 N–H and O–H groups in total. The molecule has 0 radical (unpaired) electrons. The summed E-state index contributed by atoms with van der Waals surface area (Å²) in [5.74, 6) is 6.17. The first-order valence-corrected chi connectivity index (χ1v) is 9.88. The molecule has 1 nitrogen and oxygen atoms in total. The fourth-order valence-electron chi connectivity index (χ4n) is 3.00. The van der Waals surface area contributed by atoms with E-state index in [4.69, 9.17) is 11.6 Å². The summed E-state index contributed by atoms with van der Waals surface area (Å²) in [6, 6.07) is 26.6. The highest BCUT2D eigenvalue weighted by molar-refractivity contribution is 9.10. The SMILES string of the molecule is O=C(c1ccc2ccccc2c1)c1ccc(Cl)cc1C#Cc1ccccc1Br. The molecule has 0 saturated carbocycles. The number of benzene rings is 4. The van der Waals surface area contributed by atoms with Gasteiger partial charge in [0.1, 0.15) is 0 Å². The highest BCUT2D eigenvalue weighted by Gasteiger charge is 2.14. The molecule has 0 aromatic heterocycles. The van der Waals surface area contributed by atoms with Crippen LogP contribution in [0, 0.1) is 11.8 Å². The van der Waals surface area contributed by atoms with Crippen LogP contribution in [-0.4, -0.2) is 5.78 Å². The van der Waals surface area contributed by atoms with Crippen molar-refractivity contribution in [3.05, 3.63) is 117 Å². The average molecular weight is 446 g/mol. The minimum atomic E-state index is -0.0705. The molecule has 0 spiro atoms. The first-order chi connectivity index (χ1) is 13.6. The molecule has 0 bridgehead atoms. The summed E-state index contributed by atoms with van der Waals surface area (Å²) in [5, 5.41) is 2.68. The third-order valence-electron chi connectivity index (χ3n) is 4.44. The van der Waals surface area contributed by atoms with Gasteiger partial charge in [-0.3, -0.25) is 4.79 Å². The topological polar surface area (TPSA) is 17.1 Å². The van der Waals surface area contributed by atoms with Crippen molar-refractivity contribution in [2.24, 2.45) is 0 Å². The first kappa shape index (κ1) is 18.5. The second-order valence-corrected chi connectivity index (χ2v) is 7.60. The molecule has 4 aromatic carbocycles. The Bertz CT molecular complexity index is 1260. The Hall–Kier alpha value is -2.86. The molecule has 0 heterocycles. The Morgan fingerprint density at radius 3 is 2.29 bits per heavy atom. The van der Waals surface area contributed by atoms with Crippen molar-refractivity contribution in [3.8, 4) is 11.8 Å². The van der Waals surface area contributed by atoms with Gasteiger partial charge in [0.05, 0.1) is 0 Å². The van der Waals surface area contributed by atoms with Gasteiger partial charge >= 0.3 is 0 Å². The summed E-state index contributed by atoms with van der Waals surface area (Å²) in [6.07, 6.45) is 0. The number of halogens is 2. The van der Waals surface area contributed by atoms with E-state index in [-0.39, 0.29) is 5.78 Å². The maximum atomic E-state index is 13.2. The van der Waals surface area contributed by atoms with Crippen LogP contribution in [-0.2, 0) is 0 Å². The maximum Gasteiger partial charge on any atom is 0.194 e. The Morgan fingerprint density at radius 2 is 1.46 bits per heavy atom. The van der Waals surface area contributed by atoms with Gasteiger partial charge in [-0.05, 0) is 63.1 Å². The van der Waals surface area contributed by atoms with Gasteiger partial charge in [0, 0.05) is 31.7 Å². The maximum absolute atomic E-state index is 13.2. The highest BCUT2D eigenvalue weighted by Crippen LogP contribution is 2.22. The van der Waals surface area contributed by atoms with Crippen LogP contribution >= 0.6 is 27.5 Å². The van der Waals surface area contributed by atoms with Crippen LogP contribution < -0.4 is 0 Å². The number of ketones is 1. The van der Waals surface area contributed by atoms with Crippen molar-refractivity contribution in [2.75, 3.05) is 0 Å². The number of carbonyl (C=O) groups is 1. The molecule has 0 amide bonds. The fraction of sp³-hybridized carbons (Fsp3) is 0. The van der Waals surface area contributed by atoms with Gasteiger partial charge in [-0.25, -0.2) is 0 Å². The lowest BCUT2D eigenvalue weighted by Gasteiger charge is -2.06. The normalized spacial score (nSPS) is 10.4. The molecule has 0 atom stereocenters. The van der Waals surface area contributed by atoms with Crippen molar-refractivity contribution >= 4 is 44.1 Å². The van der Waals surface area contributed by atoms with E-state index in [1.54, 1.807) is 18.2 Å². The van der Waals surface area contributed by atoms with Crippen molar-refractivity contribution < 1.29 is 4.79 Å². The number of rotatable bonds is 2. The predicted octanol–water partition coefficient (Wildman–Crippen LogP) is 6.89. The third kappa shape index (κ3) is 3.87. The molecule has 0 aliphatic carbocycles. The Morgan fingerprint density at radius 1 is 0.750 bits per heavy atom. The number of hydrogen-bond donors (Lipinski definition) is 0. The summed E-state index contributed by atoms with van der Waals surface area (Å²) in [4.78, 5) is 13.2. The van der Waals surface area contributed by atoms with Crippen molar-refractivity contribution in [2.45, 2.75) is 0 Å². The van der Waals surface area contributed by atoms with Gasteiger partial charge in [-0.15, -0.1) is 0 Å². The smallest absolute Gasteiger partial charge is 0.194 e. The van der Waals surface area contributed by atoms with Gasteiger partial charge in [0.25, 0.3) is 0 Å². The lowest BCUT2D eigenvalue weighted by molar-refractivity contribution is 0.103. The quantitative estimate of drug-likeness (QED) is 0.243. The van der Waals surface area contributed by atoms with Gasteiger partial charge in [-0.2, -0.15) is 0 Å². The summed E-state index contributed by atoms with van der Waals surface area (Å²) in [5.41, 5.74) is 2.64. The van der Waals surface area contributed by atoms with Gasteiger partial charge in [0.15, 0.2) is 5.78 Å². The molecular formula is C25H14BrClO. The molecule has 134 valence electrons. The fourth-order valence-corrected chi connectivity index (χ4v) is 3.56. The van der Waals surface area contributed by atoms with Gasteiger partial charge < -0.3 is 0 Å².